The smallest absolute Gasteiger partial charge is 0.293 e. The average molecular weight is 693 g/mol. The molecule has 4 rings (SSSR count). The van der Waals surface area contributed by atoms with Gasteiger partial charge in [-0.25, -0.2) is 13.1 Å². The number of nitro benzene ring substituents is 1. The molecule has 0 saturated heterocycles. The Kier molecular flexibility index (Phi) is 13.4. The van der Waals surface area contributed by atoms with E-state index in [1.54, 1.807) is 31.0 Å². The van der Waals surface area contributed by atoms with Gasteiger partial charge in [0.25, 0.3) is 21.6 Å². The molecule has 0 aliphatic carbocycles. The average Bonchev–Trinajstić information content (AvgIpc) is 3.09. The SMILES string of the molecule is COc1cc(CCCO)ccc1-c1ccc(C(=O)NS(=O)(=O)c2ccc(N[C@H](CCCCN)CSc3ccccc3)c([N+](=O)[O-])c2)cc1. The molecule has 0 aromatic heterocycles. The number of benzene rings is 4. The van der Waals surface area contributed by atoms with Gasteiger partial charge in [-0.15, -0.1) is 11.8 Å². The number of unbranched alkanes of at least 4 members (excludes halogenated alkanes) is 1. The summed E-state index contributed by atoms with van der Waals surface area (Å²) in [6.07, 6.45) is 3.68. The molecule has 0 aliphatic heterocycles. The van der Waals surface area contributed by atoms with Gasteiger partial charge < -0.3 is 20.9 Å². The number of carbonyl (C=O) groups excluding carboxylic acids is 1. The number of amides is 1. The molecule has 0 radical (unpaired) electrons. The number of nitrogens with two attached hydrogens (primary N) is 1. The molecule has 0 heterocycles. The minimum absolute atomic E-state index is 0.0879. The maximum atomic E-state index is 13.2. The van der Waals surface area contributed by atoms with Gasteiger partial charge >= 0.3 is 0 Å². The molecular weight excluding hydrogens is 653 g/mol. The summed E-state index contributed by atoms with van der Waals surface area (Å²) in [5, 5.41) is 24.4. The van der Waals surface area contributed by atoms with Gasteiger partial charge in [0.15, 0.2) is 0 Å². The molecule has 0 saturated carbocycles. The van der Waals surface area contributed by atoms with Crippen molar-refractivity contribution in [2.75, 3.05) is 31.3 Å². The number of hydrogen-bond acceptors (Lipinski definition) is 10. The number of ether oxygens (including phenoxy) is 1. The molecule has 0 fully saturated rings. The van der Waals surface area contributed by atoms with Crippen molar-refractivity contribution in [2.45, 2.75) is 47.9 Å². The molecule has 11 nitrogen and oxygen atoms in total. The number of rotatable bonds is 18. The molecule has 254 valence electrons. The maximum absolute atomic E-state index is 13.2. The molecular formula is C35H40N4O7S2. The van der Waals surface area contributed by atoms with Gasteiger partial charge in [-0.2, -0.15) is 0 Å². The van der Waals surface area contributed by atoms with E-state index in [0.29, 0.717) is 37.3 Å². The zero-order valence-electron chi connectivity index (χ0n) is 26.6. The molecule has 48 heavy (non-hydrogen) atoms. The number of sulfonamides is 1. The van der Waals surface area contributed by atoms with E-state index in [-0.39, 0.29) is 23.9 Å². The van der Waals surface area contributed by atoms with E-state index in [9.17, 15) is 23.3 Å². The zero-order chi connectivity index (χ0) is 34.5. The lowest BCUT2D eigenvalue weighted by Crippen LogP contribution is -2.30. The molecule has 0 aliphatic rings. The molecule has 13 heteroatoms. The summed E-state index contributed by atoms with van der Waals surface area (Å²) < 4.78 is 34.0. The number of aryl methyl sites for hydroxylation is 1. The van der Waals surface area contributed by atoms with Gasteiger partial charge in [0.1, 0.15) is 11.4 Å². The van der Waals surface area contributed by atoms with Crippen molar-refractivity contribution in [3.8, 4) is 16.9 Å². The first kappa shape index (κ1) is 36.4. The van der Waals surface area contributed by atoms with Crippen LogP contribution in [-0.2, 0) is 16.4 Å². The molecule has 0 unspecified atom stereocenters. The second-order valence-electron chi connectivity index (χ2n) is 11.1. The largest absolute Gasteiger partial charge is 0.496 e. The third kappa shape index (κ3) is 10.0. The Labute approximate surface area is 285 Å². The summed E-state index contributed by atoms with van der Waals surface area (Å²) in [7, 11) is -2.89. The quantitative estimate of drug-likeness (QED) is 0.0418. The second kappa shape index (κ2) is 17.6. The zero-order valence-corrected chi connectivity index (χ0v) is 28.3. The van der Waals surface area contributed by atoms with Crippen LogP contribution in [0.2, 0.25) is 0 Å². The first-order valence-electron chi connectivity index (χ1n) is 15.5. The number of thioether (sulfide) groups is 1. The van der Waals surface area contributed by atoms with Crippen LogP contribution in [0.25, 0.3) is 11.1 Å². The highest BCUT2D eigenvalue weighted by atomic mass is 32.2. The molecule has 5 N–H and O–H groups in total. The summed E-state index contributed by atoms with van der Waals surface area (Å²) >= 11 is 1.62. The first-order valence-corrected chi connectivity index (χ1v) is 18.0. The number of nitrogens with zero attached hydrogens (tertiary/aromatic N) is 1. The highest BCUT2D eigenvalue weighted by molar-refractivity contribution is 7.99. The molecule has 0 bridgehead atoms. The lowest BCUT2D eigenvalue weighted by Gasteiger charge is -2.20. The van der Waals surface area contributed by atoms with Crippen molar-refractivity contribution in [2.24, 2.45) is 5.73 Å². The van der Waals surface area contributed by atoms with Gasteiger partial charge in [0.2, 0.25) is 0 Å². The lowest BCUT2D eigenvalue weighted by atomic mass is 9.99. The molecule has 1 atom stereocenters. The number of carbonyl (C=O) groups is 1. The van der Waals surface area contributed by atoms with Gasteiger partial charge in [-0.1, -0.05) is 48.9 Å². The standard InChI is InChI=1S/C35H40N4O7S2/c1-46-34-22-25(8-7-21-40)12-18-31(34)26-13-15-27(16-14-26)35(41)38-48(44,45)30-17-19-32(33(23-30)39(42)43)37-28(9-5-6-20-36)24-47-29-10-3-2-4-11-29/h2-4,10-19,22-23,28,37,40H,5-9,20-21,24,36H2,1H3,(H,38,41)/t28-/m1/s1. The molecule has 4 aromatic carbocycles. The van der Waals surface area contributed by atoms with Gasteiger partial charge in [0, 0.05) is 40.5 Å². The van der Waals surface area contributed by atoms with E-state index in [1.165, 1.54) is 24.3 Å². The van der Waals surface area contributed by atoms with E-state index >= 15 is 0 Å². The Balaban J connectivity index is 1.48. The lowest BCUT2D eigenvalue weighted by molar-refractivity contribution is -0.384. The molecule has 4 aromatic rings. The van der Waals surface area contributed by atoms with Crippen LogP contribution in [0.1, 0.15) is 41.6 Å². The predicted molar refractivity (Wildman–Crippen MR) is 189 cm³/mol. The van der Waals surface area contributed by atoms with Gasteiger partial charge in [-0.05, 0) is 85.8 Å². The van der Waals surface area contributed by atoms with Crippen LogP contribution >= 0.6 is 11.8 Å². The summed E-state index contributed by atoms with van der Waals surface area (Å²) in [6, 6.07) is 25.3. The first-order chi connectivity index (χ1) is 23.1. The van der Waals surface area contributed by atoms with Crippen molar-refractivity contribution in [3.05, 3.63) is 112 Å². The predicted octanol–water partition coefficient (Wildman–Crippen LogP) is 6.02. The van der Waals surface area contributed by atoms with Crippen molar-refractivity contribution in [3.63, 3.8) is 0 Å². The Hall–Kier alpha value is -4.43. The maximum Gasteiger partial charge on any atom is 0.293 e. The Morgan fingerprint density at radius 1 is 1.00 bits per heavy atom. The number of nitro groups is 1. The number of anilines is 1. The molecule has 0 spiro atoms. The number of methoxy groups -OCH3 is 1. The minimum Gasteiger partial charge on any atom is -0.496 e. The van der Waals surface area contributed by atoms with Crippen LogP contribution in [0.4, 0.5) is 11.4 Å². The summed E-state index contributed by atoms with van der Waals surface area (Å²) in [6.45, 7) is 0.629. The van der Waals surface area contributed by atoms with E-state index in [4.69, 9.17) is 15.6 Å². The van der Waals surface area contributed by atoms with Crippen molar-refractivity contribution in [1.82, 2.24) is 4.72 Å². The fourth-order valence-corrected chi connectivity index (χ4v) is 7.06. The fraction of sp³-hybridized carbons (Fsp3) is 0.286. The third-order valence-corrected chi connectivity index (χ3v) is 10.1. The second-order valence-corrected chi connectivity index (χ2v) is 13.8. The normalized spacial score (nSPS) is 11.9. The number of aliphatic hydroxyl groups is 1. The third-order valence-electron chi connectivity index (χ3n) is 7.61. The highest BCUT2D eigenvalue weighted by Gasteiger charge is 2.25. The van der Waals surface area contributed by atoms with Crippen LogP contribution in [0.5, 0.6) is 5.75 Å². The monoisotopic (exact) mass is 692 g/mol. The van der Waals surface area contributed by atoms with Gasteiger partial charge in [0.05, 0.1) is 16.9 Å². The number of hydrogen-bond donors (Lipinski definition) is 4. The van der Waals surface area contributed by atoms with Crippen molar-refractivity contribution in [1.29, 1.82) is 0 Å². The van der Waals surface area contributed by atoms with Gasteiger partial charge in [-0.3, -0.25) is 14.9 Å². The van der Waals surface area contributed by atoms with Crippen LogP contribution in [0.15, 0.2) is 101 Å². The van der Waals surface area contributed by atoms with E-state index in [1.807, 2.05) is 53.3 Å². The molecule has 1 amide bonds. The van der Waals surface area contributed by atoms with Crippen LogP contribution in [0, 0.1) is 10.1 Å². The van der Waals surface area contributed by atoms with E-state index in [0.717, 1.165) is 40.5 Å². The topological polar surface area (TPSA) is 174 Å². The Morgan fingerprint density at radius 2 is 1.75 bits per heavy atom. The summed E-state index contributed by atoms with van der Waals surface area (Å²) in [5.41, 5.74) is 8.07. The van der Waals surface area contributed by atoms with Crippen LogP contribution in [0.3, 0.4) is 0 Å². The van der Waals surface area contributed by atoms with Crippen molar-refractivity contribution >= 4 is 39.1 Å². The highest BCUT2D eigenvalue weighted by Crippen LogP contribution is 2.32. The Bertz CT molecular complexity index is 1790. The Morgan fingerprint density at radius 3 is 2.42 bits per heavy atom. The summed E-state index contributed by atoms with van der Waals surface area (Å²) in [4.78, 5) is 25.1. The van der Waals surface area contributed by atoms with E-state index < -0.39 is 31.4 Å². The fourth-order valence-electron chi connectivity index (χ4n) is 5.07. The van der Waals surface area contributed by atoms with Crippen LogP contribution < -0.4 is 20.5 Å². The number of nitrogens with one attached hydrogen (secondary N) is 2. The summed E-state index contributed by atoms with van der Waals surface area (Å²) in [5.74, 6) is 0.376. The van der Waals surface area contributed by atoms with E-state index in [2.05, 4.69) is 5.32 Å². The number of aliphatic hydroxyl groups excluding tert-OH is 1. The minimum atomic E-state index is -4.45. The van der Waals surface area contributed by atoms with Crippen molar-refractivity contribution < 1.29 is 28.0 Å². The van der Waals surface area contributed by atoms with Crippen LogP contribution in [-0.4, -0.2) is 56.4 Å².